The van der Waals surface area contributed by atoms with Crippen LogP contribution in [0.4, 0.5) is 5.69 Å². The maximum Gasteiger partial charge on any atom is 0.0751 e. The van der Waals surface area contributed by atoms with Gasteiger partial charge in [0, 0.05) is 30.4 Å². The maximum absolute atomic E-state index is 5.34. The lowest BCUT2D eigenvalue weighted by atomic mass is 10.1. The number of pyridine rings is 1. The fraction of sp³-hybridized carbons (Fsp3) is 0.400. The van der Waals surface area contributed by atoms with Gasteiger partial charge in [-0.1, -0.05) is 6.07 Å². The zero-order chi connectivity index (χ0) is 13.1. The summed E-state index contributed by atoms with van der Waals surface area (Å²) in [5.74, 6) is 0. The Morgan fingerprint density at radius 2 is 2.00 bits per heavy atom. The zero-order valence-corrected chi connectivity index (χ0v) is 11.4. The molecule has 2 aromatic rings. The number of aromatic nitrogens is 1. The number of benzene rings is 1. The molecule has 1 aromatic heterocycles. The quantitative estimate of drug-likeness (QED) is 0.895. The van der Waals surface area contributed by atoms with Crippen LogP contribution in [0, 0.1) is 6.92 Å². The molecular formula is C15H20N2O. The van der Waals surface area contributed by atoms with Gasteiger partial charge in [-0.3, -0.25) is 4.98 Å². The van der Waals surface area contributed by atoms with E-state index in [2.05, 4.69) is 49.3 Å². The standard InChI is InChI=1S/C15H20N2O/c1-10-7-8-14(17-11(2)12(3)18-4)13-6-5-9-16-15(10)13/h5-9,11-12,17H,1-4H3. The number of aryl methyl sites for hydroxylation is 1. The number of ether oxygens (including phenoxy) is 1. The summed E-state index contributed by atoms with van der Waals surface area (Å²) in [6.45, 7) is 6.27. The smallest absolute Gasteiger partial charge is 0.0751 e. The van der Waals surface area contributed by atoms with Crippen LogP contribution in [0.2, 0.25) is 0 Å². The van der Waals surface area contributed by atoms with Crippen molar-refractivity contribution in [2.45, 2.75) is 32.9 Å². The van der Waals surface area contributed by atoms with Crippen molar-refractivity contribution >= 4 is 16.6 Å². The van der Waals surface area contributed by atoms with Crippen molar-refractivity contribution in [1.29, 1.82) is 0 Å². The van der Waals surface area contributed by atoms with Crippen molar-refractivity contribution in [2.75, 3.05) is 12.4 Å². The second kappa shape index (κ2) is 5.36. The van der Waals surface area contributed by atoms with E-state index >= 15 is 0 Å². The van der Waals surface area contributed by atoms with Crippen LogP contribution in [0.15, 0.2) is 30.5 Å². The predicted octanol–water partition coefficient (Wildman–Crippen LogP) is 3.38. The number of fused-ring (bicyclic) bond motifs is 1. The number of nitrogens with one attached hydrogen (secondary N) is 1. The Hall–Kier alpha value is -1.61. The van der Waals surface area contributed by atoms with E-state index in [-0.39, 0.29) is 12.1 Å². The monoisotopic (exact) mass is 244 g/mol. The van der Waals surface area contributed by atoms with E-state index in [0.717, 1.165) is 16.6 Å². The summed E-state index contributed by atoms with van der Waals surface area (Å²) < 4.78 is 5.34. The molecule has 0 aliphatic heterocycles. The van der Waals surface area contributed by atoms with Gasteiger partial charge in [-0.25, -0.2) is 0 Å². The summed E-state index contributed by atoms with van der Waals surface area (Å²) in [6, 6.07) is 8.53. The highest BCUT2D eigenvalue weighted by Gasteiger charge is 2.12. The Morgan fingerprint density at radius 1 is 1.22 bits per heavy atom. The van der Waals surface area contributed by atoms with Gasteiger partial charge in [-0.05, 0) is 44.5 Å². The molecule has 1 N–H and O–H groups in total. The van der Waals surface area contributed by atoms with E-state index in [1.54, 1.807) is 7.11 Å². The second-order valence-corrected chi connectivity index (χ2v) is 4.70. The van der Waals surface area contributed by atoms with Gasteiger partial charge in [0.25, 0.3) is 0 Å². The average Bonchev–Trinajstić information content (AvgIpc) is 2.41. The Labute approximate surface area is 108 Å². The zero-order valence-electron chi connectivity index (χ0n) is 11.4. The summed E-state index contributed by atoms with van der Waals surface area (Å²) in [5, 5.41) is 4.66. The van der Waals surface area contributed by atoms with Gasteiger partial charge in [-0.15, -0.1) is 0 Å². The minimum Gasteiger partial charge on any atom is -0.380 e. The van der Waals surface area contributed by atoms with E-state index < -0.39 is 0 Å². The molecule has 96 valence electrons. The Morgan fingerprint density at radius 3 is 2.72 bits per heavy atom. The molecule has 0 saturated carbocycles. The molecule has 0 fully saturated rings. The van der Waals surface area contributed by atoms with Crippen molar-refractivity contribution in [1.82, 2.24) is 4.98 Å². The second-order valence-electron chi connectivity index (χ2n) is 4.70. The lowest BCUT2D eigenvalue weighted by molar-refractivity contribution is 0.106. The third kappa shape index (κ3) is 2.46. The fourth-order valence-corrected chi connectivity index (χ4v) is 2.01. The molecule has 2 unspecified atom stereocenters. The molecular weight excluding hydrogens is 224 g/mol. The predicted molar refractivity (Wildman–Crippen MR) is 76.0 cm³/mol. The van der Waals surface area contributed by atoms with Crippen molar-refractivity contribution in [3.05, 3.63) is 36.0 Å². The van der Waals surface area contributed by atoms with E-state index in [1.807, 2.05) is 12.3 Å². The van der Waals surface area contributed by atoms with Crippen molar-refractivity contribution in [2.24, 2.45) is 0 Å². The average molecular weight is 244 g/mol. The number of anilines is 1. The van der Waals surface area contributed by atoms with E-state index in [1.165, 1.54) is 5.56 Å². The lowest BCUT2D eigenvalue weighted by Crippen LogP contribution is -2.29. The van der Waals surface area contributed by atoms with Crippen molar-refractivity contribution < 1.29 is 4.74 Å². The third-order valence-electron chi connectivity index (χ3n) is 3.43. The van der Waals surface area contributed by atoms with E-state index in [9.17, 15) is 0 Å². The van der Waals surface area contributed by atoms with Gasteiger partial charge < -0.3 is 10.1 Å². The first-order valence-electron chi connectivity index (χ1n) is 6.27. The maximum atomic E-state index is 5.34. The number of rotatable bonds is 4. The number of nitrogens with zero attached hydrogens (tertiary/aromatic N) is 1. The Balaban J connectivity index is 2.37. The summed E-state index contributed by atoms with van der Waals surface area (Å²) in [5.41, 5.74) is 3.36. The fourth-order valence-electron chi connectivity index (χ4n) is 2.01. The van der Waals surface area contributed by atoms with Gasteiger partial charge in [0.05, 0.1) is 11.6 Å². The van der Waals surface area contributed by atoms with Crippen LogP contribution >= 0.6 is 0 Å². The Bertz CT molecular complexity index is 539. The number of hydrogen-bond acceptors (Lipinski definition) is 3. The molecule has 1 aromatic carbocycles. The molecule has 2 atom stereocenters. The normalized spacial score (nSPS) is 14.4. The van der Waals surface area contributed by atoms with Crippen LogP contribution in [0.1, 0.15) is 19.4 Å². The van der Waals surface area contributed by atoms with Crippen LogP contribution < -0.4 is 5.32 Å². The highest BCUT2D eigenvalue weighted by atomic mass is 16.5. The van der Waals surface area contributed by atoms with Crippen molar-refractivity contribution in [3.8, 4) is 0 Å². The van der Waals surface area contributed by atoms with Gasteiger partial charge in [0.1, 0.15) is 0 Å². The van der Waals surface area contributed by atoms with E-state index in [0.29, 0.717) is 0 Å². The molecule has 0 bridgehead atoms. The van der Waals surface area contributed by atoms with Crippen LogP contribution in [0.5, 0.6) is 0 Å². The molecule has 1 heterocycles. The molecule has 2 rings (SSSR count). The van der Waals surface area contributed by atoms with Crippen LogP contribution in [0.3, 0.4) is 0 Å². The van der Waals surface area contributed by atoms with Gasteiger partial charge in [0.15, 0.2) is 0 Å². The lowest BCUT2D eigenvalue weighted by Gasteiger charge is -2.22. The summed E-state index contributed by atoms with van der Waals surface area (Å²) in [4.78, 5) is 4.44. The van der Waals surface area contributed by atoms with Crippen LogP contribution in [-0.4, -0.2) is 24.2 Å². The molecule has 3 nitrogen and oxygen atoms in total. The molecule has 0 aliphatic rings. The molecule has 0 spiro atoms. The molecule has 0 radical (unpaired) electrons. The molecule has 0 saturated heterocycles. The minimum absolute atomic E-state index is 0.165. The molecule has 3 heteroatoms. The van der Waals surface area contributed by atoms with Crippen LogP contribution in [0.25, 0.3) is 10.9 Å². The SMILES string of the molecule is COC(C)C(C)Nc1ccc(C)c2ncccc12. The molecule has 0 amide bonds. The van der Waals surface area contributed by atoms with Crippen molar-refractivity contribution in [3.63, 3.8) is 0 Å². The number of methoxy groups -OCH3 is 1. The van der Waals surface area contributed by atoms with Crippen LogP contribution in [-0.2, 0) is 4.74 Å². The van der Waals surface area contributed by atoms with E-state index in [4.69, 9.17) is 4.74 Å². The summed E-state index contributed by atoms with van der Waals surface area (Å²) >= 11 is 0. The summed E-state index contributed by atoms with van der Waals surface area (Å²) in [7, 11) is 1.73. The first-order valence-corrected chi connectivity index (χ1v) is 6.27. The molecule has 18 heavy (non-hydrogen) atoms. The largest absolute Gasteiger partial charge is 0.380 e. The third-order valence-corrected chi connectivity index (χ3v) is 3.43. The highest BCUT2D eigenvalue weighted by Crippen LogP contribution is 2.25. The first kappa shape index (κ1) is 12.8. The van der Waals surface area contributed by atoms with Gasteiger partial charge in [0.2, 0.25) is 0 Å². The van der Waals surface area contributed by atoms with Gasteiger partial charge >= 0.3 is 0 Å². The minimum atomic E-state index is 0.165. The summed E-state index contributed by atoms with van der Waals surface area (Å²) in [6.07, 6.45) is 2.00. The van der Waals surface area contributed by atoms with Gasteiger partial charge in [-0.2, -0.15) is 0 Å². The molecule has 0 aliphatic carbocycles. The first-order chi connectivity index (χ1) is 8.63. The topological polar surface area (TPSA) is 34.1 Å². The highest BCUT2D eigenvalue weighted by molar-refractivity contribution is 5.93. The Kier molecular flexibility index (Phi) is 3.82. The number of hydrogen-bond donors (Lipinski definition) is 1.